The van der Waals surface area contributed by atoms with Crippen LogP contribution in [0.1, 0.15) is 42.0 Å². The number of benzene rings is 1. The molecule has 1 aromatic carbocycles. The number of nitrogens with zero attached hydrogens (tertiary/aromatic N) is 1. The molecule has 1 unspecified atom stereocenters. The lowest BCUT2D eigenvalue weighted by Gasteiger charge is -2.32. The Labute approximate surface area is 163 Å². The van der Waals surface area contributed by atoms with Gasteiger partial charge >= 0.3 is 0 Å². The first-order valence-electron chi connectivity index (χ1n) is 9.46. The van der Waals surface area contributed by atoms with Gasteiger partial charge in [0.25, 0.3) is 0 Å². The molecule has 0 aliphatic carbocycles. The van der Waals surface area contributed by atoms with Crippen molar-refractivity contribution in [2.24, 2.45) is 5.92 Å². The Kier molecular flexibility index (Phi) is 7.05. The van der Waals surface area contributed by atoms with Gasteiger partial charge in [0.15, 0.2) is 0 Å². The second-order valence-electron chi connectivity index (χ2n) is 7.63. The summed E-state index contributed by atoms with van der Waals surface area (Å²) in [5.41, 5.74) is 3.59. The normalized spacial score (nSPS) is 17.7. The molecule has 1 saturated heterocycles. The van der Waals surface area contributed by atoms with Crippen LogP contribution in [0.3, 0.4) is 0 Å². The molecule has 27 heavy (non-hydrogen) atoms. The molecule has 1 amide bonds. The molecule has 1 heterocycles. The molecule has 1 atom stereocenters. The molecule has 1 fully saturated rings. The smallest absolute Gasteiger partial charge is 0.243 e. The minimum absolute atomic E-state index is 0.0182. The maximum atomic E-state index is 13.3. The monoisotopic (exact) mass is 396 g/mol. The number of amides is 1. The highest BCUT2D eigenvalue weighted by molar-refractivity contribution is 7.89. The van der Waals surface area contributed by atoms with Gasteiger partial charge in [-0.2, -0.15) is 4.31 Å². The number of carbonyl (C=O) groups excluding carboxylic acids is 1. The molecule has 0 radical (unpaired) electrons. The minimum Gasteiger partial charge on any atom is -0.383 e. The quantitative estimate of drug-likeness (QED) is 0.801. The van der Waals surface area contributed by atoms with E-state index < -0.39 is 10.0 Å². The number of ether oxygens (including phenoxy) is 1. The fourth-order valence-electron chi connectivity index (χ4n) is 3.71. The van der Waals surface area contributed by atoms with Crippen LogP contribution in [-0.2, 0) is 19.6 Å². The zero-order valence-electron chi connectivity index (χ0n) is 17.3. The number of piperidine rings is 1. The van der Waals surface area contributed by atoms with E-state index in [1.807, 2.05) is 40.7 Å². The highest BCUT2D eigenvalue weighted by atomic mass is 32.2. The van der Waals surface area contributed by atoms with Crippen molar-refractivity contribution < 1.29 is 17.9 Å². The molecule has 1 aromatic rings. The van der Waals surface area contributed by atoms with Crippen LogP contribution >= 0.6 is 0 Å². The molecule has 6 nitrogen and oxygen atoms in total. The van der Waals surface area contributed by atoms with Gasteiger partial charge in [0.1, 0.15) is 0 Å². The summed E-state index contributed by atoms with van der Waals surface area (Å²) in [6, 6.07) is 1.98. The van der Waals surface area contributed by atoms with Crippen LogP contribution in [0.15, 0.2) is 11.0 Å². The predicted octanol–water partition coefficient (Wildman–Crippen LogP) is 2.47. The van der Waals surface area contributed by atoms with Crippen molar-refractivity contribution in [2.45, 2.75) is 58.4 Å². The van der Waals surface area contributed by atoms with Crippen LogP contribution in [0.25, 0.3) is 0 Å². The number of sulfonamides is 1. The second kappa shape index (κ2) is 8.71. The Morgan fingerprint density at radius 3 is 2.19 bits per heavy atom. The van der Waals surface area contributed by atoms with E-state index >= 15 is 0 Å². The lowest BCUT2D eigenvalue weighted by Crippen LogP contribution is -2.45. The van der Waals surface area contributed by atoms with Crippen molar-refractivity contribution in [3.8, 4) is 0 Å². The average Bonchev–Trinajstić information content (AvgIpc) is 2.60. The maximum absolute atomic E-state index is 13.3. The van der Waals surface area contributed by atoms with E-state index in [9.17, 15) is 13.2 Å². The van der Waals surface area contributed by atoms with Crippen LogP contribution < -0.4 is 5.32 Å². The number of rotatable bonds is 6. The summed E-state index contributed by atoms with van der Waals surface area (Å²) >= 11 is 0. The summed E-state index contributed by atoms with van der Waals surface area (Å²) in [4.78, 5) is 12.8. The zero-order chi connectivity index (χ0) is 20.4. The van der Waals surface area contributed by atoms with Crippen LogP contribution in [0, 0.1) is 33.6 Å². The van der Waals surface area contributed by atoms with Crippen LogP contribution in [0.4, 0.5) is 0 Å². The number of hydrogen-bond donors (Lipinski definition) is 1. The fraction of sp³-hybridized carbons (Fsp3) is 0.650. The van der Waals surface area contributed by atoms with E-state index in [4.69, 9.17) is 4.74 Å². The van der Waals surface area contributed by atoms with Gasteiger partial charge in [0.2, 0.25) is 15.9 Å². The van der Waals surface area contributed by atoms with Gasteiger partial charge < -0.3 is 10.1 Å². The van der Waals surface area contributed by atoms with Crippen molar-refractivity contribution in [1.29, 1.82) is 0 Å². The maximum Gasteiger partial charge on any atom is 0.243 e. The Morgan fingerprint density at radius 1 is 1.19 bits per heavy atom. The predicted molar refractivity (Wildman–Crippen MR) is 106 cm³/mol. The first-order valence-corrected chi connectivity index (χ1v) is 10.9. The van der Waals surface area contributed by atoms with E-state index in [0.29, 0.717) is 37.4 Å². The first-order chi connectivity index (χ1) is 12.6. The average molecular weight is 397 g/mol. The van der Waals surface area contributed by atoms with Crippen molar-refractivity contribution in [3.05, 3.63) is 28.3 Å². The second-order valence-corrected chi connectivity index (χ2v) is 9.51. The van der Waals surface area contributed by atoms with Crippen LogP contribution in [0.5, 0.6) is 0 Å². The third kappa shape index (κ3) is 4.70. The summed E-state index contributed by atoms with van der Waals surface area (Å²) in [6.45, 7) is 10.7. The van der Waals surface area contributed by atoms with E-state index in [0.717, 1.165) is 22.3 Å². The topological polar surface area (TPSA) is 75.7 Å². The standard InChI is InChI=1S/C20H32N2O4S/c1-13-11-14(2)17(5)19(16(13)4)27(24,25)22-9-7-18(8-10-22)20(23)21-15(3)12-26-6/h11,15,18H,7-10,12H2,1-6H3,(H,21,23). The van der Waals surface area contributed by atoms with E-state index in [1.54, 1.807) is 7.11 Å². The van der Waals surface area contributed by atoms with Crippen molar-refractivity contribution >= 4 is 15.9 Å². The lowest BCUT2D eigenvalue weighted by molar-refractivity contribution is -0.127. The van der Waals surface area contributed by atoms with Gasteiger partial charge in [-0.1, -0.05) is 6.07 Å². The van der Waals surface area contributed by atoms with Gasteiger partial charge in [0, 0.05) is 32.2 Å². The van der Waals surface area contributed by atoms with Crippen molar-refractivity contribution in [3.63, 3.8) is 0 Å². The number of methoxy groups -OCH3 is 1. The molecule has 0 bridgehead atoms. The molecule has 1 aliphatic heterocycles. The van der Waals surface area contributed by atoms with E-state index in [-0.39, 0.29) is 17.9 Å². The Morgan fingerprint density at radius 2 is 1.70 bits per heavy atom. The first kappa shape index (κ1) is 21.9. The SMILES string of the molecule is COCC(C)NC(=O)C1CCN(S(=O)(=O)c2c(C)c(C)cc(C)c2C)CC1. The summed E-state index contributed by atoms with van der Waals surface area (Å²) in [7, 11) is -1.97. The Bertz CT molecular complexity index is 770. The Hall–Kier alpha value is -1.44. The summed E-state index contributed by atoms with van der Waals surface area (Å²) in [6.07, 6.45) is 1.07. The van der Waals surface area contributed by atoms with Crippen LogP contribution in [0.2, 0.25) is 0 Å². The van der Waals surface area contributed by atoms with E-state index in [1.165, 1.54) is 4.31 Å². The van der Waals surface area contributed by atoms with Gasteiger partial charge in [-0.05, 0) is 69.7 Å². The summed E-state index contributed by atoms with van der Waals surface area (Å²) in [5, 5.41) is 2.94. The fourth-order valence-corrected chi connectivity index (χ4v) is 5.75. The third-order valence-electron chi connectivity index (χ3n) is 5.53. The molecular weight excluding hydrogens is 364 g/mol. The molecule has 152 valence electrons. The lowest BCUT2D eigenvalue weighted by atomic mass is 9.97. The molecule has 1 aliphatic rings. The zero-order valence-corrected chi connectivity index (χ0v) is 18.1. The molecule has 0 spiro atoms. The third-order valence-corrected chi connectivity index (χ3v) is 7.70. The van der Waals surface area contributed by atoms with Crippen molar-refractivity contribution in [1.82, 2.24) is 9.62 Å². The minimum atomic E-state index is -3.57. The molecule has 2 rings (SSSR count). The largest absolute Gasteiger partial charge is 0.383 e. The Balaban J connectivity index is 2.13. The van der Waals surface area contributed by atoms with Gasteiger partial charge in [-0.3, -0.25) is 4.79 Å². The van der Waals surface area contributed by atoms with Gasteiger partial charge in [-0.15, -0.1) is 0 Å². The molecule has 7 heteroatoms. The summed E-state index contributed by atoms with van der Waals surface area (Å²) < 4.78 is 33.1. The molecule has 1 N–H and O–H groups in total. The molecule has 0 saturated carbocycles. The highest BCUT2D eigenvalue weighted by Crippen LogP contribution is 2.31. The van der Waals surface area contributed by atoms with Gasteiger partial charge in [-0.25, -0.2) is 8.42 Å². The van der Waals surface area contributed by atoms with Crippen molar-refractivity contribution in [2.75, 3.05) is 26.8 Å². The number of carbonyl (C=O) groups is 1. The van der Waals surface area contributed by atoms with Gasteiger partial charge in [0.05, 0.1) is 11.5 Å². The molecular formula is C20H32N2O4S. The number of aryl methyl sites for hydroxylation is 2. The highest BCUT2D eigenvalue weighted by Gasteiger charge is 2.34. The summed E-state index contributed by atoms with van der Waals surface area (Å²) in [5.74, 6) is -0.174. The number of nitrogens with one attached hydrogen (secondary N) is 1. The number of hydrogen-bond acceptors (Lipinski definition) is 4. The van der Waals surface area contributed by atoms with E-state index in [2.05, 4.69) is 5.32 Å². The molecule has 0 aromatic heterocycles. The van der Waals surface area contributed by atoms with Crippen LogP contribution in [-0.4, -0.2) is 51.5 Å².